The van der Waals surface area contributed by atoms with E-state index in [1.54, 1.807) is 24.3 Å². The first-order valence-electron chi connectivity index (χ1n) is 6.03. The Morgan fingerprint density at radius 3 is 2.65 bits per heavy atom. The van der Waals surface area contributed by atoms with Gasteiger partial charge in [-0.05, 0) is 5.56 Å². The molecule has 20 heavy (non-hydrogen) atoms. The maximum absolute atomic E-state index is 11.7. The zero-order valence-corrected chi connectivity index (χ0v) is 10.6. The van der Waals surface area contributed by atoms with Gasteiger partial charge in [-0.2, -0.15) is 5.10 Å². The molecule has 0 bridgehead atoms. The van der Waals surface area contributed by atoms with Crippen LogP contribution in [0.25, 0.3) is 0 Å². The number of carbonyl (C=O) groups excluding carboxylic acids is 1. The van der Waals surface area contributed by atoms with Gasteiger partial charge < -0.3 is 10.4 Å². The van der Waals surface area contributed by atoms with Gasteiger partial charge in [-0.3, -0.25) is 9.59 Å². The van der Waals surface area contributed by atoms with E-state index in [-0.39, 0.29) is 19.0 Å². The van der Waals surface area contributed by atoms with Gasteiger partial charge >= 0.3 is 5.97 Å². The number of rotatable bonds is 6. The third kappa shape index (κ3) is 3.64. The molecule has 0 spiro atoms. The Morgan fingerprint density at radius 1 is 1.30 bits per heavy atom. The van der Waals surface area contributed by atoms with Gasteiger partial charge in [0, 0.05) is 6.54 Å². The molecular formula is C13H14N4O3. The summed E-state index contributed by atoms with van der Waals surface area (Å²) in [6.07, 6.45) is 2.75. The van der Waals surface area contributed by atoms with Crippen molar-refractivity contribution in [2.45, 2.75) is 12.5 Å². The summed E-state index contributed by atoms with van der Waals surface area (Å²) in [4.78, 5) is 26.7. The van der Waals surface area contributed by atoms with Crippen LogP contribution < -0.4 is 5.32 Å². The first-order valence-corrected chi connectivity index (χ1v) is 6.03. The normalized spacial score (nSPS) is 11.8. The van der Waals surface area contributed by atoms with Crippen molar-refractivity contribution in [1.82, 2.24) is 20.1 Å². The Labute approximate surface area is 115 Å². The lowest BCUT2D eigenvalue weighted by Crippen LogP contribution is -2.34. The molecule has 0 radical (unpaired) electrons. The van der Waals surface area contributed by atoms with Gasteiger partial charge in [0.1, 0.15) is 19.2 Å². The quantitative estimate of drug-likeness (QED) is 0.787. The highest BCUT2D eigenvalue weighted by Crippen LogP contribution is 2.14. The number of aromatic nitrogens is 3. The minimum absolute atomic E-state index is 0.0150. The van der Waals surface area contributed by atoms with Crippen LogP contribution >= 0.6 is 0 Å². The van der Waals surface area contributed by atoms with Crippen LogP contribution in [0.1, 0.15) is 11.5 Å². The summed E-state index contributed by atoms with van der Waals surface area (Å²) >= 11 is 0. The predicted molar refractivity (Wildman–Crippen MR) is 69.9 cm³/mol. The molecule has 1 unspecified atom stereocenters. The van der Waals surface area contributed by atoms with Crippen molar-refractivity contribution < 1.29 is 14.7 Å². The van der Waals surface area contributed by atoms with E-state index in [1.807, 2.05) is 6.07 Å². The third-order valence-electron chi connectivity index (χ3n) is 2.78. The number of carbonyl (C=O) groups is 2. The van der Waals surface area contributed by atoms with E-state index < -0.39 is 11.9 Å². The van der Waals surface area contributed by atoms with Crippen LogP contribution in [0, 0.1) is 0 Å². The summed E-state index contributed by atoms with van der Waals surface area (Å²) in [6, 6.07) is 8.79. The van der Waals surface area contributed by atoms with E-state index in [2.05, 4.69) is 15.4 Å². The van der Waals surface area contributed by atoms with Gasteiger partial charge in [0.15, 0.2) is 0 Å². The van der Waals surface area contributed by atoms with E-state index >= 15 is 0 Å². The third-order valence-corrected chi connectivity index (χ3v) is 2.78. The van der Waals surface area contributed by atoms with Crippen LogP contribution in [0.2, 0.25) is 0 Å². The topological polar surface area (TPSA) is 97.1 Å². The van der Waals surface area contributed by atoms with Crippen molar-refractivity contribution in [2.24, 2.45) is 0 Å². The Hall–Kier alpha value is -2.70. The van der Waals surface area contributed by atoms with Crippen LogP contribution in [0.3, 0.4) is 0 Å². The lowest BCUT2D eigenvalue weighted by atomic mass is 9.99. The van der Waals surface area contributed by atoms with Crippen molar-refractivity contribution in [2.75, 3.05) is 6.54 Å². The second-order valence-electron chi connectivity index (χ2n) is 4.20. The highest BCUT2D eigenvalue weighted by atomic mass is 16.4. The van der Waals surface area contributed by atoms with E-state index in [1.165, 1.54) is 17.3 Å². The fourth-order valence-corrected chi connectivity index (χ4v) is 1.77. The maximum atomic E-state index is 11.7. The van der Waals surface area contributed by atoms with E-state index in [4.69, 9.17) is 0 Å². The Morgan fingerprint density at radius 2 is 2.05 bits per heavy atom. The van der Waals surface area contributed by atoms with Crippen LogP contribution in [0.15, 0.2) is 43.0 Å². The fourth-order valence-electron chi connectivity index (χ4n) is 1.77. The van der Waals surface area contributed by atoms with Gasteiger partial charge in [0.25, 0.3) is 0 Å². The molecule has 0 saturated heterocycles. The Kier molecular flexibility index (Phi) is 4.43. The summed E-state index contributed by atoms with van der Waals surface area (Å²) in [7, 11) is 0. The van der Waals surface area contributed by atoms with Gasteiger partial charge in [0.05, 0.1) is 5.92 Å². The highest BCUT2D eigenvalue weighted by molar-refractivity contribution is 5.79. The minimum atomic E-state index is -0.975. The molecule has 0 aliphatic carbocycles. The molecule has 1 atom stereocenters. The molecule has 0 aliphatic rings. The monoisotopic (exact) mass is 274 g/mol. The summed E-state index contributed by atoms with van der Waals surface area (Å²) in [5.41, 5.74) is 0.654. The number of benzene rings is 1. The predicted octanol–water partition coefficient (Wildman–Crippen LogP) is 0.263. The molecule has 2 N–H and O–H groups in total. The molecule has 1 heterocycles. The molecule has 0 fully saturated rings. The number of carboxylic acids is 1. The summed E-state index contributed by atoms with van der Waals surface area (Å²) < 4.78 is 1.37. The summed E-state index contributed by atoms with van der Waals surface area (Å²) in [6.45, 7) is 0.0496. The molecule has 7 nitrogen and oxygen atoms in total. The largest absolute Gasteiger partial charge is 0.481 e. The molecule has 0 saturated carbocycles. The standard InChI is InChI=1S/C13H14N4O3/c18-12(7-17-9-14-8-16-17)15-6-11(13(19)20)10-4-2-1-3-5-10/h1-5,8-9,11H,6-7H2,(H,15,18)(H,19,20). The minimum Gasteiger partial charge on any atom is -0.481 e. The number of carboxylic acid groups (broad SMARTS) is 1. The number of nitrogens with one attached hydrogen (secondary N) is 1. The molecule has 1 aromatic carbocycles. The van der Waals surface area contributed by atoms with Crippen LogP contribution in [-0.4, -0.2) is 38.3 Å². The van der Waals surface area contributed by atoms with E-state index in [0.29, 0.717) is 5.56 Å². The molecule has 7 heteroatoms. The average molecular weight is 274 g/mol. The fraction of sp³-hybridized carbons (Fsp3) is 0.231. The zero-order chi connectivity index (χ0) is 14.4. The second-order valence-corrected chi connectivity index (χ2v) is 4.20. The maximum Gasteiger partial charge on any atom is 0.312 e. The lowest BCUT2D eigenvalue weighted by Gasteiger charge is -2.13. The Balaban J connectivity index is 1.93. The first kappa shape index (κ1) is 13.7. The van der Waals surface area contributed by atoms with Crippen LogP contribution in [0.4, 0.5) is 0 Å². The number of hydrogen-bond donors (Lipinski definition) is 2. The first-order chi connectivity index (χ1) is 9.66. The summed E-state index contributed by atoms with van der Waals surface area (Å²) in [5.74, 6) is -2.05. The smallest absolute Gasteiger partial charge is 0.312 e. The Bertz CT molecular complexity index is 569. The second kappa shape index (κ2) is 6.46. The van der Waals surface area contributed by atoms with Crippen molar-refractivity contribution in [1.29, 1.82) is 0 Å². The van der Waals surface area contributed by atoms with Gasteiger partial charge in [-0.25, -0.2) is 9.67 Å². The SMILES string of the molecule is O=C(Cn1cncn1)NCC(C(=O)O)c1ccccc1. The van der Waals surface area contributed by atoms with E-state index in [0.717, 1.165) is 0 Å². The molecule has 104 valence electrons. The molecule has 1 aromatic heterocycles. The molecule has 2 rings (SSSR count). The summed E-state index contributed by atoms with van der Waals surface area (Å²) in [5, 5.41) is 15.6. The highest BCUT2D eigenvalue weighted by Gasteiger charge is 2.20. The van der Waals surface area contributed by atoms with Crippen LogP contribution in [-0.2, 0) is 16.1 Å². The lowest BCUT2D eigenvalue weighted by molar-refractivity contribution is -0.138. The molecular weight excluding hydrogens is 260 g/mol. The van der Waals surface area contributed by atoms with Crippen molar-refractivity contribution in [3.8, 4) is 0 Å². The molecule has 2 aromatic rings. The van der Waals surface area contributed by atoms with E-state index in [9.17, 15) is 14.7 Å². The molecule has 0 aliphatic heterocycles. The van der Waals surface area contributed by atoms with Gasteiger partial charge in [-0.1, -0.05) is 30.3 Å². The van der Waals surface area contributed by atoms with Gasteiger partial charge in [0.2, 0.25) is 5.91 Å². The number of nitrogens with zero attached hydrogens (tertiary/aromatic N) is 3. The van der Waals surface area contributed by atoms with Crippen LogP contribution in [0.5, 0.6) is 0 Å². The van der Waals surface area contributed by atoms with Crippen molar-refractivity contribution in [3.05, 3.63) is 48.5 Å². The average Bonchev–Trinajstić information content (AvgIpc) is 2.92. The van der Waals surface area contributed by atoms with Crippen molar-refractivity contribution in [3.63, 3.8) is 0 Å². The van der Waals surface area contributed by atoms with Gasteiger partial charge in [-0.15, -0.1) is 0 Å². The van der Waals surface area contributed by atoms with Crippen molar-refractivity contribution >= 4 is 11.9 Å². The number of aliphatic carboxylic acids is 1. The molecule has 1 amide bonds. The number of hydrogen-bond acceptors (Lipinski definition) is 4. The number of amides is 1. The zero-order valence-electron chi connectivity index (χ0n) is 10.6.